The van der Waals surface area contributed by atoms with Gasteiger partial charge in [0, 0.05) is 16.6 Å². The second-order valence-electron chi connectivity index (χ2n) is 7.55. The molecule has 1 saturated carbocycles. The third-order valence-corrected chi connectivity index (χ3v) is 7.95. The fraction of sp³-hybridized carbons (Fsp3) is 0.550. The number of rotatable bonds is 4. The van der Waals surface area contributed by atoms with Gasteiger partial charge in [-0.05, 0) is 53.0 Å². The maximum atomic E-state index is 12.6. The van der Waals surface area contributed by atoms with Crippen LogP contribution in [0.3, 0.4) is 0 Å². The molecule has 1 N–H and O–H groups in total. The van der Waals surface area contributed by atoms with E-state index in [0.29, 0.717) is 6.04 Å². The molecular formula is C20H26N4OS2. The Bertz CT molecular complexity index is 1060. The SMILES string of the molecule is Cc1nc(S[C@@H](C)c2nc3sc(C)c(C)c3c(=O)[nH]2)n(C2CCCC2)c1C. The smallest absolute Gasteiger partial charge is 0.259 e. The van der Waals surface area contributed by atoms with Crippen molar-refractivity contribution >= 4 is 33.3 Å². The van der Waals surface area contributed by atoms with Crippen LogP contribution in [-0.2, 0) is 0 Å². The van der Waals surface area contributed by atoms with E-state index < -0.39 is 0 Å². The highest BCUT2D eigenvalue weighted by Crippen LogP contribution is 2.39. The topological polar surface area (TPSA) is 63.6 Å². The largest absolute Gasteiger partial charge is 0.320 e. The molecule has 3 aromatic heterocycles. The lowest BCUT2D eigenvalue weighted by molar-refractivity contribution is 0.471. The minimum absolute atomic E-state index is 0.0317. The van der Waals surface area contributed by atoms with E-state index in [4.69, 9.17) is 9.97 Å². The summed E-state index contributed by atoms with van der Waals surface area (Å²) in [5.41, 5.74) is 3.37. The zero-order valence-corrected chi connectivity index (χ0v) is 18.2. The second kappa shape index (κ2) is 7.09. The molecule has 27 heavy (non-hydrogen) atoms. The van der Waals surface area contributed by atoms with E-state index in [-0.39, 0.29) is 10.8 Å². The summed E-state index contributed by atoms with van der Waals surface area (Å²) in [4.78, 5) is 27.2. The number of hydrogen-bond acceptors (Lipinski definition) is 5. The Kier molecular flexibility index (Phi) is 4.93. The Labute approximate surface area is 167 Å². The highest BCUT2D eigenvalue weighted by molar-refractivity contribution is 7.99. The van der Waals surface area contributed by atoms with Crippen LogP contribution in [0.15, 0.2) is 9.95 Å². The van der Waals surface area contributed by atoms with E-state index in [9.17, 15) is 4.79 Å². The molecule has 1 aliphatic rings. The van der Waals surface area contributed by atoms with Gasteiger partial charge in [0.15, 0.2) is 5.16 Å². The van der Waals surface area contributed by atoms with Crippen LogP contribution in [0.1, 0.15) is 71.6 Å². The highest BCUT2D eigenvalue weighted by atomic mass is 32.2. The van der Waals surface area contributed by atoms with Crippen LogP contribution < -0.4 is 5.56 Å². The molecule has 0 spiro atoms. The first kappa shape index (κ1) is 18.7. The van der Waals surface area contributed by atoms with E-state index in [1.165, 1.54) is 31.4 Å². The monoisotopic (exact) mass is 402 g/mol. The van der Waals surface area contributed by atoms with Gasteiger partial charge in [0.05, 0.1) is 16.3 Å². The number of thiophene rings is 1. The zero-order chi connectivity index (χ0) is 19.3. The predicted molar refractivity (Wildman–Crippen MR) is 113 cm³/mol. The summed E-state index contributed by atoms with van der Waals surface area (Å²) in [7, 11) is 0. The van der Waals surface area contributed by atoms with E-state index in [1.807, 2.05) is 13.8 Å². The Morgan fingerprint density at radius 2 is 1.89 bits per heavy atom. The average molecular weight is 403 g/mol. The molecule has 1 atom stereocenters. The minimum Gasteiger partial charge on any atom is -0.320 e. The molecule has 1 fully saturated rings. The van der Waals surface area contributed by atoms with Crippen molar-refractivity contribution < 1.29 is 0 Å². The number of hydrogen-bond donors (Lipinski definition) is 1. The van der Waals surface area contributed by atoms with Gasteiger partial charge in [-0.2, -0.15) is 0 Å². The number of H-pyrrole nitrogens is 1. The first-order valence-electron chi connectivity index (χ1n) is 9.58. The molecule has 0 bridgehead atoms. The first-order valence-corrected chi connectivity index (χ1v) is 11.3. The molecule has 0 aromatic carbocycles. The Morgan fingerprint density at radius 3 is 2.59 bits per heavy atom. The number of imidazole rings is 1. The number of fused-ring (bicyclic) bond motifs is 1. The lowest BCUT2D eigenvalue weighted by atomic mass is 10.2. The zero-order valence-electron chi connectivity index (χ0n) is 16.5. The maximum Gasteiger partial charge on any atom is 0.259 e. The van der Waals surface area contributed by atoms with Gasteiger partial charge in [-0.3, -0.25) is 4.79 Å². The van der Waals surface area contributed by atoms with Gasteiger partial charge in [0.2, 0.25) is 0 Å². The molecular weight excluding hydrogens is 376 g/mol. The van der Waals surface area contributed by atoms with Gasteiger partial charge >= 0.3 is 0 Å². The maximum absolute atomic E-state index is 12.6. The molecule has 0 radical (unpaired) electrons. The van der Waals surface area contributed by atoms with Gasteiger partial charge < -0.3 is 9.55 Å². The molecule has 0 aliphatic heterocycles. The van der Waals surface area contributed by atoms with Crippen molar-refractivity contribution in [2.24, 2.45) is 0 Å². The molecule has 3 aromatic rings. The van der Waals surface area contributed by atoms with Crippen molar-refractivity contribution in [1.29, 1.82) is 0 Å². The summed E-state index contributed by atoms with van der Waals surface area (Å²) in [5.74, 6) is 0.732. The summed E-state index contributed by atoms with van der Waals surface area (Å²) < 4.78 is 2.42. The Hall–Kier alpha value is -1.60. The second-order valence-corrected chi connectivity index (χ2v) is 10.1. The minimum atomic E-state index is -0.0317. The summed E-state index contributed by atoms with van der Waals surface area (Å²) in [5, 5.41) is 1.81. The van der Waals surface area contributed by atoms with E-state index in [1.54, 1.807) is 23.1 Å². The summed E-state index contributed by atoms with van der Waals surface area (Å²) in [6, 6.07) is 0.554. The van der Waals surface area contributed by atoms with E-state index in [0.717, 1.165) is 37.3 Å². The molecule has 0 unspecified atom stereocenters. The van der Waals surface area contributed by atoms with E-state index in [2.05, 4.69) is 30.3 Å². The lowest BCUT2D eigenvalue weighted by Gasteiger charge is -2.18. The third kappa shape index (κ3) is 3.25. The van der Waals surface area contributed by atoms with Crippen LogP contribution >= 0.6 is 23.1 Å². The molecule has 4 rings (SSSR count). The fourth-order valence-corrected chi connectivity index (χ4v) is 6.12. The van der Waals surface area contributed by atoms with Crippen molar-refractivity contribution in [3.05, 3.63) is 38.0 Å². The van der Waals surface area contributed by atoms with Gasteiger partial charge in [0.25, 0.3) is 5.56 Å². The first-order chi connectivity index (χ1) is 12.9. The third-order valence-electron chi connectivity index (χ3n) is 5.77. The van der Waals surface area contributed by atoms with Gasteiger partial charge in [0.1, 0.15) is 10.7 Å². The van der Waals surface area contributed by atoms with Crippen LogP contribution in [0.25, 0.3) is 10.2 Å². The summed E-state index contributed by atoms with van der Waals surface area (Å²) >= 11 is 3.30. The summed E-state index contributed by atoms with van der Waals surface area (Å²) in [6.45, 7) is 10.4. The average Bonchev–Trinajstić information content (AvgIpc) is 3.29. The molecule has 3 heterocycles. The van der Waals surface area contributed by atoms with Gasteiger partial charge in [-0.1, -0.05) is 24.6 Å². The number of aryl methyl sites for hydroxylation is 3. The van der Waals surface area contributed by atoms with Crippen molar-refractivity contribution in [3.8, 4) is 0 Å². The van der Waals surface area contributed by atoms with Crippen LogP contribution in [0.4, 0.5) is 0 Å². The Balaban J connectivity index is 1.69. The number of aromatic nitrogens is 4. The number of nitrogens with zero attached hydrogens (tertiary/aromatic N) is 3. The predicted octanol–water partition coefficient (Wildman–Crippen LogP) is 5.38. The van der Waals surface area contributed by atoms with Crippen molar-refractivity contribution in [1.82, 2.24) is 19.5 Å². The number of thioether (sulfide) groups is 1. The van der Waals surface area contributed by atoms with Gasteiger partial charge in [-0.25, -0.2) is 9.97 Å². The molecule has 0 amide bonds. The molecule has 7 heteroatoms. The lowest BCUT2D eigenvalue weighted by Crippen LogP contribution is -2.13. The van der Waals surface area contributed by atoms with Gasteiger partial charge in [-0.15, -0.1) is 11.3 Å². The Morgan fingerprint density at radius 1 is 1.19 bits per heavy atom. The van der Waals surface area contributed by atoms with Crippen LogP contribution in [0, 0.1) is 27.7 Å². The molecule has 1 aliphatic carbocycles. The molecule has 5 nitrogen and oxygen atoms in total. The van der Waals surface area contributed by atoms with Crippen molar-refractivity contribution in [3.63, 3.8) is 0 Å². The quantitative estimate of drug-likeness (QED) is 0.595. The fourth-order valence-electron chi connectivity index (χ4n) is 3.95. The van der Waals surface area contributed by atoms with Crippen LogP contribution in [0.2, 0.25) is 0 Å². The molecule has 0 saturated heterocycles. The highest BCUT2D eigenvalue weighted by Gasteiger charge is 2.25. The van der Waals surface area contributed by atoms with E-state index >= 15 is 0 Å². The standard InChI is InChI=1S/C20H26N4OS2/c1-10-13(4)26-19-16(10)18(25)22-17(23-19)14(5)27-20-21-11(2)12(3)24(20)15-8-6-7-9-15/h14-15H,6-9H2,1-5H3,(H,22,23,25)/t14-/m0/s1. The van der Waals surface area contributed by atoms with Crippen molar-refractivity contribution in [2.75, 3.05) is 0 Å². The normalized spacial score (nSPS) is 16.5. The molecule has 144 valence electrons. The summed E-state index contributed by atoms with van der Waals surface area (Å²) in [6.07, 6.45) is 5.05. The number of nitrogens with one attached hydrogen (secondary N) is 1. The van der Waals surface area contributed by atoms with Crippen LogP contribution in [0.5, 0.6) is 0 Å². The van der Waals surface area contributed by atoms with Crippen molar-refractivity contribution in [2.45, 2.75) is 76.8 Å². The number of aromatic amines is 1. The van der Waals surface area contributed by atoms with Crippen LogP contribution in [-0.4, -0.2) is 19.5 Å².